The number of rotatable bonds is 5. The van der Waals surface area contributed by atoms with Crippen molar-refractivity contribution in [2.24, 2.45) is 0 Å². The van der Waals surface area contributed by atoms with Gasteiger partial charge in [-0.3, -0.25) is 19.3 Å². The number of piperidine rings is 1. The van der Waals surface area contributed by atoms with E-state index in [-0.39, 0.29) is 17.0 Å². The highest BCUT2D eigenvalue weighted by Gasteiger charge is 2.45. The molecule has 3 aromatic rings. The Balaban J connectivity index is 1.33. The first kappa shape index (κ1) is 20.0. The zero-order chi connectivity index (χ0) is 22.2. The second-order valence-electron chi connectivity index (χ2n) is 8.09. The average Bonchev–Trinajstić information content (AvgIpc) is 3.05. The molecule has 0 aliphatic carbocycles. The Morgan fingerprint density at radius 1 is 0.969 bits per heavy atom. The molecule has 0 saturated carbocycles. The molecule has 160 valence electrons. The summed E-state index contributed by atoms with van der Waals surface area (Å²) >= 11 is 0. The van der Waals surface area contributed by atoms with Gasteiger partial charge in [0.2, 0.25) is 5.91 Å². The van der Waals surface area contributed by atoms with Crippen molar-refractivity contribution >= 4 is 28.5 Å². The summed E-state index contributed by atoms with van der Waals surface area (Å²) in [5.41, 5.74) is 2.23. The number of ether oxygens (including phenoxy) is 1. The lowest BCUT2D eigenvalue weighted by atomic mass is 10.0. The lowest BCUT2D eigenvalue weighted by molar-refractivity contribution is -0.125. The third kappa shape index (κ3) is 3.43. The van der Waals surface area contributed by atoms with Gasteiger partial charge in [0.25, 0.3) is 11.8 Å². The fraction of sp³-hybridized carbons (Fsp3) is 0.192. The summed E-state index contributed by atoms with van der Waals surface area (Å²) in [6.07, 6.45) is 1.56. The second-order valence-corrected chi connectivity index (χ2v) is 8.09. The van der Waals surface area contributed by atoms with Crippen molar-refractivity contribution in [1.29, 1.82) is 0 Å². The summed E-state index contributed by atoms with van der Waals surface area (Å²) in [7, 11) is 0. The first-order valence-electron chi connectivity index (χ1n) is 10.6. The van der Waals surface area contributed by atoms with Crippen molar-refractivity contribution in [3.63, 3.8) is 0 Å². The molecule has 32 heavy (non-hydrogen) atoms. The third-order valence-corrected chi connectivity index (χ3v) is 6.00. The van der Waals surface area contributed by atoms with Crippen LogP contribution >= 0.6 is 0 Å². The lowest BCUT2D eigenvalue weighted by Gasteiger charge is -2.29. The number of carbonyl (C=O) groups excluding carboxylic acids is 3. The van der Waals surface area contributed by atoms with Crippen molar-refractivity contribution in [3.05, 3.63) is 89.6 Å². The van der Waals surface area contributed by atoms with Crippen molar-refractivity contribution in [3.8, 4) is 5.75 Å². The number of fused-ring (bicyclic) bond motifs is 2. The molecule has 6 nitrogen and oxygen atoms in total. The Labute approximate surface area is 185 Å². The maximum Gasteiger partial charge on any atom is 0.266 e. The van der Waals surface area contributed by atoms with Gasteiger partial charge < -0.3 is 10.1 Å². The Kier molecular flexibility index (Phi) is 4.98. The van der Waals surface area contributed by atoms with Crippen LogP contribution in [0.15, 0.2) is 72.9 Å². The minimum Gasteiger partial charge on any atom is -0.492 e. The number of carbonyl (C=O) groups is 3. The topological polar surface area (TPSA) is 75.7 Å². The van der Waals surface area contributed by atoms with Gasteiger partial charge in [-0.2, -0.15) is 0 Å². The summed E-state index contributed by atoms with van der Waals surface area (Å²) in [5, 5.41) is 4.98. The largest absolute Gasteiger partial charge is 0.492 e. The second kappa shape index (κ2) is 7.96. The molecular weight excluding hydrogens is 404 g/mol. The number of allylic oxidation sites excluding steroid dienone is 1. The summed E-state index contributed by atoms with van der Waals surface area (Å²) < 4.78 is 5.95. The Morgan fingerprint density at radius 2 is 1.78 bits per heavy atom. The fourth-order valence-corrected chi connectivity index (χ4v) is 4.36. The average molecular weight is 426 g/mol. The molecule has 0 aromatic heterocycles. The molecule has 1 atom stereocenters. The molecule has 0 spiro atoms. The van der Waals surface area contributed by atoms with Crippen LogP contribution in [0.1, 0.15) is 39.1 Å². The molecule has 0 bridgehead atoms. The van der Waals surface area contributed by atoms with E-state index in [9.17, 15) is 14.4 Å². The number of imide groups is 1. The van der Waals surface area contributed by atoms with Gasteiger partial charge in [-0.25, -0.2) is 0 Å². The van der Waals surface area contributed by atoms with Gasteiger partial charge in [0.1, 0.15) is 11.8 Å². The van der Waals surface area contributed by atoms with Gasteiger partial charge in [-0.05, 0) is 41.3 Å². The standard InChI is InChI=1S/C26H22N2O4/c1-16-9-12-21(24(29)27-16)28-25(30)20-7-4-8-22(23(20)26(28)31)32-14-13-17-10-11-18-5-2-3-6-19(18)15-17/h2-8,10-11,15,21H,1,9,12-14H2,(H,27,29). The van der Waals surface area contributed by atoms with E-state index in [4.69, 9.17) is 4.74 Å². The van der Waals surface area contributed by atoms with Crippen LogP contribution in [-0.2, 0) is 11.2 Å². The molecule has 2 aliphatic heterocycles. The van der Waals surface area contributed by atoms with Gasteiger partial charge >= 0.3 is 0 Å². The van der Waals surface area contributed by atoms with E-state index in [2.05, 4.69) is 42.2 Å². The van der Waals surface area contributed by atoms with Gasteiger partial charge in [-0.15, -0.1) is 0 Å². The van der Waals surface area contributed by atoms with Crippen molar-refractivity contribution in [1.82, 2.24) is 10.2 Å². The summed E-state index contributed by atoms with van der Waals surface area (Å²) in [5.74, 6) is -0.962. The van der Waals surface area contributed by atoms with Crippen molar-refractivity contribution in [2.75, 3.05) is 6.61 Å². The molecule has 3 amide bonds. The van der Waals surface area contributed by atoms with Gasteiger partial charge in [-0.1, -0.05) is 55.1 Å². The number of nitrogens with zero attached hydrogens (tertiary/aromatic N) is 1. The first-order chi connectivity index (χ1) is 15.5. The van der Waals surface area contributed by atoms with Gasteiger partial charge in [0, 0.05) is 12.1 Å². The minimum absolute atomic E-state index is 0.230. The van der Waals surface area contributed by atoms with Crippen LogP contribution in [0.4, 0.5) is 0 Å². The van der Waals surface area contributed by atoms with E-state index in [0.717, 1.165) is 15.8 Å². The number of hydrogen-bond donors (Lipinski definition) is 1. The minimum atomic E-state index is -0.835. The quantitative estimate of drug-likeness (QED) is 0.629. The molecule has 1 saturated heterocycles. The van der Waals surface area contributed by atoms with Crippen LogP contribution < -0.4 is 10.1 Å². The van der Waals surface area contributed by atoms with E-state index in [1.165, 1.54) is 5.39 Å². The number of nitrogens with one attached hydrogen (secondary N) is 1. The van der Waals surface area contributed by atoms with Crippen molar-refractivity contribution < 1.29 is 19.1 Å². The smallest absolute Gasteiger partial charge is 0.266 e. The molecule has 2 heterocycles. The number of benzene rings is 3. The predicted molar refractivity (Wildman–Crippen MR) is 120 cm³/mol. The molecule has 2 aliphatic rings. The van der Waals surface area contributed by atoms with Crippen LogP contribution in [0.3, 0.4) is 0 Å². The normalized spacial score (nSPS) is 18.1. The molecule has 3 aromatic carbocycles. The van der Waals surface area contributed by atoms with Crippen LogP contribution in [0.25, 0.3) is 10.8 Å². The number of amides is 3. The van der Waals surface area contributed by atoms with Crippen LogP contribution in [0.2, 0.25) is 0 Å². The lowest BCUT2D eigenvalue weighted by Crippen LogP contribution is -2.51. The predicted octanol–water partition coefficient (Wildman–Crippen LogP) is 3.85. The highest BCUT2D eigenvalue weighted by molar-refractivity contribution is 6.24. The van der Waals surface area contributed by atoms with Crippen LogP contribution in [0.5, 0.6) is 5.75 Å². The molecular formula is C26H22N2O4. The Bertz CT molecular complexity index is 1280. The SMILES string of the molecule is C=C1CCC(N2C(=O)c3cccc(OCCc4ccc5ccccc5c4)c3C2=O)C(=O)N1. The van der Waals surface area contributed by atoms with Crippen LogP contribution in [0, 0.1) is 0 Å². The fourth-order valence-electron chi connectivity index (χ4n) is 4.36. The first-order valence-corrected chi connectivity index (χ1v) is 10.6. The zero-order valence-electron chi connectivity index (χ0n) is 17.5. The molecule has 6 heteroatoms. The summed E-state index contributed by atoms with van der Waals surface area (Å²) in [4.78, 5) is 39.6. The molecule has 5 rings (SSSR count). The summed E-state index contributed by atoms with van der Waals surface area (Å²) in [6.45, 7) is 4.11. The van der Waals surface area contributed by atoms with Crippen LogP contribution in [-0.4, -0.2) is 35.3 Å². The molecule has 1 fully saturated rings. The van der Waals surface area contributed by atoms with E-state index >= 15 is 0 Å². The molecule has 0 radical (unpaired) electrons. The maximum absolute atomic E-state index is 13.2. The van der Waals surface area contributed by atoms with E-state index in [1.54, 1.807) is 18.2 Å². The highest BCUT2D eigenvalue weighted by atomic mass is 16.5. The Hall–Kier alpha value is -3.93. The van der Waals surface area contributed by atoms with E-state index in [0.29, 0.717) is 37.3 Å². The zero-order valence-corrected chi connectivity index (χ0v) is 17.5. The van der Waals surface area contributed by atoms with Crippen molar-refractivity contribution in [2.45, 2.75) is 25.3 Å². The van der Waals surface area contributed by atoms with Gasteiger partial charge in [0.05, 0.1) is 17.7 Å². The van der Waals surface area contributed by atoms with E-state index < -0.39 is 17.9 Å². The third-order valence-electron chi connectivity index (χ3n) is 6.00. The van der Waals surface area contributed by atoms with Gasteiger partial charge in [0.15, 0.2) is 0 Å². The number of hydrogen-bond acceptors (Lipinski definition) is 4. The molecule has 1 unspecified atom stereocenters. The van der Waals surface area contributed by atoms with E-state index in [1.807, 2.05) is 12.1 Å². The maximum atomic E-state index is 13.2. The highest BCUT2D eigenvalue weighted by Crippen LogP contribution is 2.34. The molecule has 1 N–H and O–H groups in total. The Morgan fingerprint density at radius 3 is 2.59 bits per heavy atom. The summed E-state index contributed by atoms with van der Waals surface area (Å²) in [6, 6.07) is 18.6. The monoisotopic (exact) mass is 426 g/mol.